The molecule has 0 saturated heterocycles. The third-order valence-corrected chi connectivity index (χ3v) is 2.05. The first kappa shape index (κ1) is 10.5. The summed E-state index contributed by atoms with van der Waals surface area (Å²) in [7, 11) is 1.56. The van der Waals surface area contributed by atoms with Gasteiger partial charge in [-0.1, -0.05) is 12.1 Å². The van der Waals surface area contributed by atoms with E-state index in [4.69, 9.17) is 15.6 Å². The molecule has 0 heterocycles. The molecule has 1 rings (SSSR count). The number of nitrogens with two attached hydrogens (primary N) is 1. The van der Waals surface area contributed by atoms with Gasteiger partial charge in [0.15, 0.2) is 0 Å². The maximum Gasteiger partial charge on any atom is 0.312 e. The zero-order chi connectivity index (χ0) is 10.6. The molecule has 14 heavy (non-hydrogen) atoms. The van der Waals surface area contributed by atoms with E-state index in [1.165, 1.54) is 0 Å². The van der Waals surface area contributed by atoms with E-state index in [9.17, 15) is 4.79 Å². The normalized spacial score (nSPS) is 12.1. The van der Waals surface area contributed by atoms with Crippen molar-refractivity contribution in [1.29, 1.82) is 0 Å². The van der Waals surface area contributed by atoms with Gasteiger partial charge >= 0.3 is 5.97 Å². The first-order valence-corrected chi connectivity index (χ1v) is 4.26. The quantitative estimate of drug-likeness (QED) is 0.746. The van der Waals surface area contributed by atoms with Gasteiger partial charge in [-0.25, -0.2) is 0 Å². The van der Waals surface area contributed by atoms with Gasteiger partial charge in [-0.3, -0.25) is 4.79 Å². The van der Waals surface area contributed by atoms with Gasteiger partial charge in [-0.15, -0.1) is 0 Å². The van der Waals surface area contributed by atoms with E-state index in [1.54, 1.807) is 31.4 Å². The van der Waals surface area contributed by atoms with Gasteiger partial charge in [0.25, 0.3) is 0 Å². The fourth-order valence-electron chi connectivity index (χ4n) is 1.22. The molecule has 76 valence electrons. The molecule has 3 N–H and O–H groups in total. The summed E-state index contributed by atoms with van der Waals surface area (Å²) in [5.74, 6) is -0.839. The summed E-state index contributed by atoms with van der Waals surface area (Å²) in [6.45, 7) is 0.0989. The van der Waals surface area contributed by atoms with Gasteiger partial charge in [0, 0.05) is 6.54 Å². The molecule has 1 atom stereocenters. The van der Waals surface area contributed by atoms with Crippen LogP contribution in [-0.4, -0.2) is 24.7 Å². The molecule has 1 aromatic rings. The van der Waals surface area contributed by atoms with E-state index in [1.807, 2.05) is 0 Å². The summed E-state index contributed by atoms with van der Waals surface area (Å²) in [5.41, 5.74) is 6.06. The number of carboxylic acids is 1. The van der Waals surface area contributed by atoms with E-state index in [-0.39, 0.29) is 6.54 Å². The number of carbonyl (C=O) groups is 1. The van der Waals surface area contributed by atoms with E-state index in [0.29, 0.717) is 11.3 Å². The Morgan fingerprint density at radius 3 is 2.43 bits per heavy atom. The molecule has 0 aliphatic heterocycles. The lowest BCUT2D eigenvalue weighted by atomic mass is 9.99. The third kappa shape index (κ3) is 2.23. The number of carboxylic acid groups (broad SMARTS) is 1. The van der Waals surface area contributed by atoms with Gasteiger partial charge < -0.3 is 15.6 Å². The van der Waals surface area contributed by atoms with Crippen molar-refractivity contribution in [2.75, 3.05) is 13.7 Å². The van der Waals surface area contributed by atoms with Crippen molar-refractivity contribution in [1.82, 2.24) is 0 Å². The van der Waals surface area contributed by atoms with Crippen LogP contribution < -0.4 is 10.5 Å². The first-order valence-electron chi connectivity index (χ1n) is 4.26. The molecule has 0 aromatic heterocycles. The molecule has 1 aromatic carbocycles. The van der Waals surface area contributed by atoms with Crippen LogP contribution in [0.3, 0.4) is 0 Å². The standard InChI is InChI=1S/C10H13NO3/c1-14-8-4-2-7(3-5-8)9(6-11)10(12)13/h2-5,9H,6,11H2,1H3,(H,12,13)/t9-/m1/s1. The van der Waals surface area contributed by atoms with Crippen LogP contribution in [0.5, 0.6) is 5.75 Å². The van der Waals surface area contributed by atoms with Crippen LogP contribution in [0.4, 0.5) is 0 Å². The van der Waals surface area contributed by atoms with Crippen molar-refractivity contribution in [2.45, 2.75) is 5.92 Å². The summed E-state index contributed by atoms with van der Waals surface area (Å²) in [4.78, 5) is 10.8. The van der Waals surface area contributed by atoms with Crippen LogP contribution in [0.2, 0.25) is 0 Å². The average molecular weight is 195 g/mol. The lowest BCUT2D eigenvalue weighted by Gasteiger charge is -2.10. The second-order valence-corrected chi connectivity index (χ2v) is 2.90. The van der Waals surface area contributed by atoms with E-state index in [0.717, 1.165) is 0 Å². The third-order valence-electron chi connectivity index (χ3n) is 2.05. The second kappa shape index (κ2) is 4.62. The van der Waals surface area contributed by atoms with E-state index < -0.39 is 11.9 Å². The summed E-state index contributed by atoms with van der Waals surface area (Å²) in [6.07, 6.45) is 0. The first-order chi connectivity index (χ1) is 6.69. The number of ether oxygens (including phenoxy) is 1. The summed E-state index contributed by atoms with van der Waals surface area (Å²) in [6, 6.07) is 6.87. The van der Waals surface area contributed by atoms with Crippen molar-refractivity contribution in [3.63, 3.8) is 0 Å². The monoisotopic (exact) mass is 195 g/mol. The topological polar surface area (TPSA) is 72.5 Å². The highest BCUT2D eigenvalue weighted by Gasteiger charge is 2.17. The Morgan fingerprint density at radius 1 is 1.50 bits per heavy atom. The molecule has 0 bridgehead atoms. The Balaban J connectivity index is 2.89. The minimum absolute atomic E-state index is 0.0989. The van der Waals surface area contributed by atoms with Crippen molar-refractivity contribution in [3.8, 4) is 5.75 Å². The lowest BCUT2D eigenvalue weighted by Crippen LogP contribution is -2.20. The molecule has 0 saturated carbocycles. The minimum Gasteiger partial charge on any atom is -0.497 e. The minimum atomic E-state index is -0.905. The van der Waals surface area contributed by atoms with Crippen LogP contribution in [0.15, 0.2) is 24.3 Å². The zero-order valence-corrected chi connectivity index (χ0v) is 7.93. The number of hydrogen-bond donors (Lipinski definition) is 2. The lowest BCUT2D eigenvalue weighted by molar-refractivity contribution is -0.138. The molecular weight excluding hydrogens is 182 g/mol. The van der Waals surface area contributed by atoms with Crippen molar-refractivity contribution >= 4 is 5.97 Å². The predicted molar refractivity (Wildman–Crippen MR) is 52.4 cm³/mol. The highest BCUT2D eigenvalue weighted by molar-refractivity contribution is 5.76. The fourth-order valence-corrected chi connectivity index (χ4v) is 1.22. The summed E-state index contributed by atoms with van der Waals surface area (Å²) >= 11 is 0. The molecule has 0 spiro atoms. The Kier molecular flexibility index (Phi) is 3.48. The van der Waals surface area contributed by atoms with Gasteiger partial charge in [0.2, 0.25) is 0 Å². The zero-order valence-electron chi connectivity index (χ0n) is 7.93. The molecule has 4 heteroatoms. The highest BCUT2D eigenvalue weighted by Crippen LogP contribution is 2.18. The average Bonchev–Trinajstić information content (AvgIpc) is 2.19. The predicted octanol–water partition coefficient (Wildman–Crippen LogP) is 0.822. The maximum atomic E-state index is 10.8. The van der Waals surface area contributed by atoms with Gasteiger partial charge in [0.05, 0.1) is 13.0 Å². The van der Waals surface area contributed by atoms with Crippen molar-refractivity contribution < 1.29 is 14.6 Å². The molecule has 0 aliphatic carbocycles. The van der Waals surface area contributed by atoms with Gasteiger partial charge in [-0.2, -0.15) is 0 Å². The number of methoxy groups -OCH3 is 1. The van der Waals surface area contributed by atoms with E-state index >= 15 is 0 Å². The molecule has 0 radical (unpaired) electrons. The van der Waals surface area contributed by atoms with Gasteiger partial charge in [-0.05, 0) is 17.7 Å². The molecule has 0 fully saturated rings. The second-order valence-electron chi connectivity index (χ2n) is 2.90. The fraction of sp³-hybridized carbons (Fsp3) is 0.300. The Hall–Kier alpha value is -1.55. The molecule has 0 unspecified atom stereocenters. The SMILES string of the molecule is COc1ccc([C@@H](CN)C(=O)O)cc1. The number of benzene rings is 1. The van der Waals surface area contributed by atoms with E-state index in [2.05, 4.69) is 0 Å². The van der Waals surface area contributed by atoms with Crippen LogP contribution in [-0.2, 0) is 4.79 Å². The largest absolute Gasteiger partial charge is 0.497 e. The number of rotatable bonds is 4. The van der Waals surface area contributed by atoms with Crippen LogP contribution in [0, 0.1) is 0 Å². The Labute approximate surface area is 82.3 Å². The van der Waals surface area contributed by atoms with Gasteiger partial charge in [0.1, 0.15) is 5.75 Å². The summed E-state index contributed by atoms with van der Waals surface area (Å²) in [5, 5.41) is 8.84. The maximum absolute atomic E-state index is 10.8. The summed E-state index contributed by atoms with van der Waals surface area (Å²) < 4.78 is 4.96. The number of aliphatic carboxylic acids is 1. The molecule has 0 amide bonds. The molecule has 0 aliphatic rings. The van der Waals surface area contributed by atoms with Crippen LogP contribution in [0.1, 0.15) is 11.5 Å². The molecule has 4 nitrogen and oxygen atoms in total. The van der Waals surface area contributed by atoms with Crippen molar-refractivity contribution in [3.05, 3.63) is 29.8 Å². The highest BCUT2D eigenvalue weighted by atomic mass is 16.5. The smallest absolute Gasteiger partial charge is 0.312 e. The Morgan fingerprint density at radius 2 is 2.07 bits per heavy atom. The number of hydrogen-bond acceptors (Lipinski definition) is 3. The van der Waals surface area contributed by atoms with Crippen molar-refractivity contribution in [2.24, 2.45) is 5.73 Å². The molecular formula is C10H13NO3. The van der Waals surface area contributed by atoms with Crippen LogP contribution in [0.25, 0.3) is 0 Å². The Bertz CT molecular complexity index is 308. The van der Waals surface area contributed by atoms with Crippen LogP contribution >= 0.6 is 0 Å².